The molecule has 1 aliphatic heterocycles. The zero-order valence-electron chi connectivity index (χ0n) is 4.23. The average molecular weight is 131 g/mol. The van der Waals surface area contributed by atoms with Crippen LogP contribution in [0.1, 0.15) is 0 Å². The van der Waals surface area contributed by atoms with E-state index >= 15 is 0 Å². The van der Waals surface area contributed by atoms with E-state index in [4.69, 9.17) is 5.11 Å². The number of epoxide rings is 1. The topological polar surface area (TPSA) is 90.0 Å². The van der Waals surface area contributed by atoms with E-state index < -0.39 is 24.1 Å². The van der Waals surface area contributed by atoms with Gasteiger partial charge in [-0.25, -0.2) is 4.79 Å². The molecule has 0 saturated carbocycles. The smallest absolute Gasteiger partial charge is 0.336 e. The first kappa shape index (κ1) is 6.03. The Morgan fingerprint density at radius 2 is 2.00 bits per heavy atom. The second kappa shape index (κ2) is 1.70. The summed E-state index contributed by atoms with van der Waals surface area (Å²) >= 11 is 0. The number of carbonyl (C=O) groups is 2. The Labute approximate surface area is 49.9 Å². The van der Waals surface area contributed by atoms with Crippen molar-refractivity contribution in [2.24, 2.45) is 0 Å². The minimum atomic E-state index is -1.47. The van der Waals surface area contributed by atoms with Crippen LogP contribution in [-0.4, -0.2) is 29.3 Å². The maximum absolute atomic E-state index is 9.86. The summed E-state index contributed by atoms with van der Waals surface area (Å²) in [5, 5.41) is 17.8. The van der Waals surface area contributed by atoms with Crippen molar-refractivity contribution < 1.29 is 24.5 Å². The minimum absolute atomic E-state index is 1.19. The van der Waals surface area contributed by atoms with E-state index in [2.05, 4.69) is 4.74 Å². The second-order valence-corrected chi connectivity index (χ2v) is 1.63. The molecule has 1 unspecified atom stereocenters. The molecule has 0 spiro atoms. The normalized spacial score (nSPS) is 31.6. The summed E-state index contributed by atoms with van der Waals surface area (Å²) in [7, 11) is 0. The fourth-order valence-electron chi connectivity index (χ4n) is 0.479. The number of carbonyl (C=O) groups excluding carboxylic acids is 1. The number of carboxylic acids is 2. The van der Waals surface area contributed by atoms with E-state index in [0.717, 1.165) is 0 Å². The predicted octanol–water partition coefficient (Wildman–Crippen LogP) is -2.41. The maximum atomic E-state index is 9.86. The molecule has 0 aromatic heterocycles. The number of aliphatic carboxylic acids is 2. The van der Waals surface area contributed by atoms with Crippen LogP contribution in [0.5, 0.6) is 0 Å². The van der Waals surface area contributed by atoms with Crippen LogP contribution in [0, 0.1) is 0 Å². The molecular weight excluding hydrogens is 128 g/mol. The van der Waals surface area contributed by atoms with Gasteiger partial charge in [-0.05, 0) is 0 Å². The SMILES string of the molecule is O=C([O-])C1O[C@H]1C(=O)O. The number of ether oxygens (including phenoxy) is 1. The lowest BCUT2D eigenvalue weighted by Crippen LogP contribution is -2.30. The highest BCUT2D eigenvalue weighted by molar-refractivity contribution is 5.86. The molecule has 5 nitrogen and oxygen atoms in total. The summed E-state index contributed by atoms with van der Waals surface area (Å²) in [6, 6.07) is 0. The van der Waals surface area contributed by atoms with Gasteiger partial charge in [0.05, 0.1) is 5.97 Å². The molecule has 0 amide bonds. The summed E-state index contributed by atoms with van der Waals surface area (Å²) in [4.78, 5) is 19.6. The number of rotatable bonds is 2. The van der Waals surface area contributed by atoms with E-state index in [1.165, 1.54) is 0 Å². The molecule has 1 rings (SSSR count). The molecule has 50 valence electrons. The highest BCUT2D eigenvalue weighted by atomic mass is 16.6. The van der Waals surface area contributed by atoms with E-state index in [1.807, 2.05) is 0 Å². The lowest BCUT2D eigenvalue weighted by Gasteiger charge is -1.89. The Hall–Kier alpha value is -1.10. The molecule has 9 heavy (non-hydrogen) atoms. The molecule has 5 heteroatoms. The summed E-state index contributed by atoms with van der Waals surface area (Å²) < 4.78 is 4.18. The van der Waals surface area contributed by atoms with E-state index in [-0.39, 0.29) is 0 Å². The second-order valence-electron chi connectivity index (χ2n) is 1.63. The molecule has 0 radical (unpaired) electrons. The van der Waals surface area contributed by atoms with Crippen LogP contribution in [0.4, 0.5) is 0 Å². The van der Waals surface area contributed by atoms with Gasteiger partial charge in [-0.2, -0.15) is 0 Å². The quantitative estimate of drug-likeness (QED) is 0.421. The van der Waals surface area contributed by atoms with Gasteiger partial charge in [-0.1, -0.05) is 0 Å². The molecular formula is C4H3O5-. The molecule has 1 fully saturated rings. The zero-order chi connectivity index (χ0) is 7.02. The lowest BCUT2D eigenvalue weighted by molar-refractivity contribution is -0.307. The monoisotopic (exact) mass is 131 g/mol. The summed E-state index contributed by atoms with van der Waals surface area (Å²) in [6.07, 6.45) is -2.42. The summed E-state index contributed by atoms with van der Waals surface area (Å²) in [6.45, 7) is 0. The lowest BCUT2D eigenvalue weighted by atomic mass is 10.3. The van der Waals surface area contributed by atoms with Crippen LogP contribution in [0.3, 0.4) is 0 Å². The van der Waals surface area contributed by atoms with Gasteiger partial charge in [0.25, 0.3) is 0 Å². The van der Waals surface area contributed by atoms with Crippen LogP contribution in [0.2, 0.25) is 0 Å². The van der Waals surface area contributed by atoms with Gasteiger partial charge in [0.15, 0.2) is 6.10 Å². The van der Waals surface area contributed by atoms with Crippen molar-refractivity contribution in [2.45, 2.75) is 12.2 Å². The van der Waals surface area contributed by atoms with Crippen LogP contribution >= 0.6 is 0 Å². The molecule has 1 aliphatic rings. The Morgan fingerprint density at radius 1 is 1.44 bits per heavy atom. The van der Waals surface area contributed by atoms with Crippen LogP contribution in [0.25, 0.3) is 0 Å². The first-order valence-electron chi connectivity index (χ1n) is 2.22. The third-order valence-electron chi connectivity index (χ3n) is 0.967. The van der Waals surface area contributed by atoms with Gasteiger partial charge in [0.1, 0.15) is 6.10 Å². The van der Waals surface area contributed by atoms with Gasteiger partial charge in [0, 0.05) is 0 Å². The van der Waals surface area contributed by atoms with Crippen molar-refractivity contribution in [1.82, 2.24) is 0 Å². The van der Waals surface area contributed by atoms with Gasteiger partial charge in [-0.15, -0.1) is 0 Å². The van der Waals surface area contributed by atoms with Crippen LogP contribution < -0.4 is 5.11 Å². The third kappa shape index (κ3) is 0.996. The van der Waals surface area contributed by atoms with Crippen molar-refractivity contribution in [2.75, 3.05) is 0 Å². The van der Waals surface area contributed by atoms with Crippen molar-refractivity contribution in [1.29, 1.82) is 0 Å². The number of hydrogen-bond donors (Lipinski definition) is 1. The van der Waals surface area contributed by atoms with Crippen LogP contribution in [0.15, 0.2) is 0 Å². The highest BCUT2D eigenvalue weighted by Crippen LogP contribution is 2.20. The minimum Gasteiger partial charge on any atom is -0.547 e. The third-order valence-corrected chi connectivity index (χ3v) is 0.967. The van der Waals surface area contributed by atoms with Gasteiger partial charge >= 0.3 is 5.97 Å². The Kier molecular flexibility index (Phi) is 1.14. The van der Waals surface area contributed by atoms with E-state index in [9.17, 15) is 14.7 Å². The predicted molar refractivity (Wildman–Crippen MR) is 21.3 cm³/mol. The molecule has 0 aromatic rings. The molecule has 0 bridgehead atoms. The molecule has 1 saturated heterocycles. The van der Waals surface area contributed by atoms with Crippen molar-refractivity contribution in [3.05, 3.63) is 0 Å². The van der Waals surface area contributed by atoms with Crippen molar-refractivity contribution in [3.8, 4) is 0 Å². The molecule has 2 atom stereocenters. The molecule has 1 N–H and O–H groups in total. The first-order valence-corrected chi connectivity index (χ1v) is 2.22. The Morgan fingerprint density at radius 3 is 2.11 bits per heavy atom. The summed E-state index contributed by atoms with van der Waals surface area (Å²) in [5.41, 5.74) is 0. The largest absolute Gasteiger partial charge is 0.547 e. The first-order chi connectivity index (χ1) is 4.13. The highest BCUT2D eigenvalue weighted by Gasteiger charge is 2.46. The average Bonchev–Trinajstić information content (AvgIpc) is 2.39. The zero-order valence-corrected chi connectivity index (χ0v) is 4.23. The maximum Gasteiger partial charge on any atom is 0.336 e. The Balaban J connectivity index is 2.42. The van der Waals surface area contributed by atoms with Gasteiger partial charge in [0.2, 0.25) is 0 Å². The Bertz CT molecular complexity index is 144. The van der Waals surface area contributed by atoms with E-state index in [0.29, 0.717) is 0 Å². The van der Waals surface area contributed by atoms with Crippen molar-refractivity contribution in [3.63, 3.8) is 0 Å². The number of hydrogen-bond acceptors (Lipinski definition) is 4. The molecule has 1 heterocycles. The van der Waals surface area contributed by atoms with Crippen LogP contribution in [-0.2, 0) is 14.3 Å². The van der Waals surface area contributed by atoms with Gasteiger partial charge < -0.3 is 19.7 Å². The summed E-state index contributed by atoms with van der Waals surface area (Å²) in [5.74, 6) is -2.73. The fraction of sp³-hybridized carbons (Fsp3) is 0.500. The molecule has 0 aromatic carbocycles. The standard InChI is InChI=1S/C4H4O5/c5-3(6)1-2(9-1)4(7)8/h1-2H,(H,5,6)(H,7,8)/p-1/t1-,2?/m1/s1. The van der Waals surface area contributed by atoms with E-state index in [1.54, 1.807) is 0 Å². The fourth-order valence-corrected chi connectivity index (χ4v) is 0.479. The molecule has 0 aliphatic carbocycles. The van der Waals surface area contributed by atoms with Crippen molar-refractivity contribution >= 4 is 11.9 Å². The number of carboxylic acid groups (broad SMARTS) is 2. The van der Waals surface area contributed by atoms with Gasteiger partial charge in [-0.3, -0.25) is 0 Å².